The lowest BCUT2D eigenvalue weighted by atomic mass is 9.91. The fourth-order valence-corrected chi connectivity index (χ4v) is 4.00. The van der Waals surface area contributed by atoms with E-state index >= 15 is 0 Å². The van der Waals surface area contributed by atoms with Gasteiger partial charge in [-0.15, -0.1) is 12.4 Å². The van der Waals surface area contributed by atoms with Crippen LogP contribution in [0, 0.1) is 0 Å². The first-order valence-electron chi connectivity index (χ1n) is 8.95. The summed E-state index contributed by atoms with van der Waals surface area (Å²) in [6.45, 7) is 1.16. The summed E-state index contributed by atoms with van der Waals surface area (Å²) in [6.07, 6.45) is 2.92. The molecule has 2 amide bonds. The third-order valence-corrected chi connectivity index (χ3v) is 5.23. The summed E-state index contributed by atoms with van der Waals surface area (Å²) in [6, 6.07) is 19.1. The minimum atomic E-state index is -0.354. The zero-order chi connectivity index (χ0) is 17.2. The minimum absolute atomic E-state index is 0. The Morgan fingerprint density at radius 1 is 0.846 bits per heavy atom. The van der Waals surface area contributed by atoms with Crippen molar-refractivity contribution in [2.45, 2.75) is 37.9 Å². The highest BCUT2D eigenvalue weighted by molar-refractivity contribution is 6.03. The molecular weight excluding hydrogens is 348 g/mol. The van der Waals surface area contributed by atoms with E-state index in [0.29, 0.717) is 6.54 Å². The summed E-state index contributed by atoms with van der Waals surface area (Å²) in [5.41, 5.74) is 1.96. The molecule has 2 aliphatic rings. The number of benzene rings is 2. The zero-order valence-corrected chi connectivity index (χ0v) is 15.4. The number of hydrogen-bond donors (Lipinski definition) is 0. The summed E-state index contributed by atoms with van der Waals surface area (Å²) in [5.74, 6) is -0.140. The van der Waals surface area contributed by atoms with Crippen LogP contribution < -0.4 is 0 Å². The predicted octanol–water partition coefficient (Wildman–Crippen LogP) is 3.57. The molecule has 2 aromatic carbocycles. The Morgan fingerprint density at radius 2 is 1.50 bits per heavy atom. The number of carbonyl (C=O) groups is 2. The van der Waals surface area contributed by atoms with E-state index in [1.807, 2.05) is 60.7 Å². The van der Waals surface area contributed by atoms with Crippen LogP contribution in [0.5, 0.6) is 0 Å². The van der Waals surface area contributed by atoms with E-state index in [9.17, 15) is 9.59 Å². The van der Waals surface area contributed by atoms with Gasteiger partial charge in [-0.2, -0.15) is 0 Å². The van der Waals surface area contributed by atoms with Crippen LogP contribution in [0.3, 0.4) is 0 Å². The average Bonchev–Trinajstić information content (AvgIpc) is 2.67. The average molecular weight is 371 g/mol. The first-order chi connectivity index (χ1) is 12.3. The molecule has 0 spiro atoms. The molecule has 0 bridgehead atoms. The maximum atomic E-state index is 13.3. The maximum Gasteiger partial charge on any atom is 0.251 e. The van der Waals surface area contributed by atoms with Crippen molar-refractivity contribution in [2.24, 2.45) is 0 Å². The number of hydrogen-bond acceptors (Lipinski definition) is 3. The summed E-state index contributed by atoms with van der Waals surface area (Å²) in [4.78, 5) is 29.9. The van der Waals surface area contributed by atoms with Gasteiger partial charge in [-0.25, -0.2) is 0 Å². The standard InChI is InChI=1S/C21H22N2O2.ClH/c24-20-18-13-7-8-14-22(18)19(17-11-5-2-6-12-17)21(25)23(20)15-16-9-3-1-4-10-16;/h1-6,9-12,18-19H,7-8,13-15H2;1H/t18-,19-;/m0./s1. The van der Waals surface area contributed by atoms with E-state index in [0.717, 1.165) is 36.9 Å². The molecule has 0 unspecified atom stereocenters. The molecule has 0 saturated carbocycles. The first-order valence-corrected chi connectivity index (χ1v) is 8.95. The molecule has 2 atom stereocenters. The van der Waals surface area contributed by atoms with Crippen molar-refractivity contribution in [1.82, 2.24) is 9.80 Å². The lowest BCUT2D eigenvalue weighted by Gasteiger charge is -2.46. The van der Waals surface area contributed by atoms with E-state index in [1.54, 1.807) is 0 Å². The van der Waals surface area contributed by atoms with Gasteiger partial charge in [0.2, 0.25) is 5.91 Å². The fourth-order valence-electron chi connectivity index (χ4n) is 4.00. The second kappa shape index (κ2) is 8.02. The lowest BCUT2D eigenvalue weighted by molar-refractivity contribution is -0.163. The molecule has 136 valence electrons. The van der Waals surface area contributed by atoms with Gasteiger partial charge < -0.3 is 0 Å². The van der Waals surface area contributed by atoms with Crippen molar-refractivity contribution >= 4 is 24.2 Å². The Kier molecular flexibility index (Phi) is 5.74. The summed E-state index contributed by atoms with van der Waals surface area (Å²) < 4.78 is 0. The maximum absolute atomic E-state index is 13.3. The van der Waals surface area contributed by atoms with Crippen LogP contribution in [0.25, 0.3) is 0 Å². The summed E-state index contributed by atoms with van der Waals surface area (Å²) in [5, 5.41) is 0. The molecule has 4 nitrogen and oxygen atoms in total. The molecule has 2 saturated heterocycles. The molecule has 26 heavy (non-hydrogen) atoms. The molecule has 2 heterocycles. The molecular formula is C21H23ClN2O2. The highest BCUT2D eigenvalue weighted by Crippen LogP contribution is 2.35. The van der Waals surface area contributed by atoms with Crippen LogP contribution in [0.2, 0.25) is 0 Å². The highest BCUT2D eigenvalue weighted by atomic mass is 35.5. The third kappa shape index (κ3) is 3.39. The monoisotopic (exact) mass is 370 g/mol. The fraction of sp³-hybridized carbons (Fsp3) is 0.333. The Balaban J connectivity index is 0.00000196. The number of amides is 2. The first kappa shape index (κ1) is 18.6. The topological polar surface area (TPSA) is 40.6 Å². The molecule has 0 N–H and O–H groups in total. The van der Waals surface area contributed by atoms with Crippen molar-refractivity contribution in [3.05, 3.63) is 71.8 Å². The number of piperazine rings is 1. The van der Waals surface area contributed by atoms with Gasteiger partial charge in [0.25, 0.3) is 5.91 Å². The van der Waals surface area contributed by atoms with Crippen LogP contribution in [-0.4, -0.2) is 34.2 Å². The van der Waals surface area contributed by atoms with E-state index in [-0.39, 0.29) is 36.3 Å². The molecule has 2 aromatic rings. The molecule has 4 rings (SSSR count). The second-order valence-corrected chi connectivity index (χ2v) is 6.81. The Bertz CT molecular complexity index is 766. The smallest absolute Gasteiger partial charge is 0.251 e. The Hall–Kier alpha value is -2.17. The molecule has 0 aromatic heterocycles. The Morgan fingerprint density at radius 3 is 2.19 bits per heavy atom. The number of halogens is 1. The second-order valence-electron chi connectivity index (χ2n) is 6.81. The van der Waals surface area contributed by atoms with Gasteiger partial charge in [-0.3, -0.25) is 19.4 Å². The van der Waals surface area contributed by atoms with Gasteiger partial charge in [0.15, 0.2) is 0 Å². The van der Waals surface area contributed by atoms with E-state index < -0.39 is 0 Å². The van der Waals surface area contributed by atoms with Crippen LogP contribution >= 0.6 is 12.4 Å². The molecule has 0 radical (unpaired) electrons. The van der Waals surface area contributed by atoms with Gasteiger partial charge in [-0.05, 0) is 24.0 Å². The van der Waals surface area contributed by atoms with Crippen molar-refractivity contribution in [1.29, 1.82) is 0 Å². The van der Waals surface area contributed by atoms with Gasteiger partial charge >= 0.3 is 0 Å². The number of rotatable bonds is 3. The Labute approximate surface area is 160 Å². The normalized spacial score (nSPS) is 23.3. The summed E-state index contributed by atoms with van der Waals surface area (Å²) in [7, 11) is 0. The lowest BCUT2D eigenvalue weighted by Crippen LogP contribution is -2.61. The van der Waals surface area contributed by atoms with Gasteiger partial charge in [-0.1, -0.05) is 67.1 Å². The SMILES string of the molecule is Cl.O=C1[C@H](c2ccccc2)N2CCCC[C@H]2C(=O)N1Cc1ccccc1. The largest absolute Gasteiger partial charge is 0.277 e. The number of piperidine rings is 1. The van der Waals surface area contributed by atoms with Gasteiger partial charge in [0.05, 0.1) is 12.6 Å². The van der Waals surface area contributed by atoms with E-state index in [4.69, 9.17) is 0 Å². The number of carbonyl (C=O) groups excluding carboxylic acids is 2. The third-order valence-electron chi connectivity index (χ3n) is 5.23. The highest BCUT2D eigenvalue weighted by Gasteiger charge is 2.47. The van der Waals surface area contributed by atoms with E-state index in [1.165, 1.54) is 4.90 Å². The van der Waals surface area contributed by atoms with Crippen LogP contribution in [0.1, 0.15) is 36.4 Å². The zero-order valence-electron chi connectivity index (χ0n) is 14.6. The number of fused-ring (bicyclic) bond motifs is 1. The van der Waals surface area contributed by atoms with Crippen molar-refractivity contribution in [3.8, 4) is 0 Å². The van der Waals surface area contributed by atoms with E-state index in [2.05, 4.69) is 4.90 Å². The van der Waals surface area contributed by atoms with Crippen LogP contribution in [0.4, 0.5) is 0 Å². The minimum Gasteiger partial charge on any atom is -0.277 e. The van der Waals surface area contributed by atoms with Crippen molar-refractivity contribution in [2.75, 3.05) is 6.54 Å². The predicted molar refractivity (Wildman–Crippen MR) is 103 cm³/mol. The van der Waals surface area contributed by atoms with Crippen molar-refractivity contribution in [3.63, 3.8) is 0 Å². The molecule has 2 aliphatic heterocycles. The summed E-state index contributed by atoms with van der Waals surface area (Å²) >= 11 is 0. The van der Waals surface area contributed by atoms with Crippen LogP contribution in [0.15, 0.2) is 60.7 Å². The molecule has 5 heteroatoms. The number of nitrogens with zero attached hydrogens (tertiary/aromatic N) is 2. The van der Waals surface area contributed by atoms with Gasteiger partial charge in [0, 0.05) is 6.54 Å². The quantitative estimate of drug-likeness (QED) is 0.775. The van der Waals surface area contributed by atoms with Gasteiger partial charge in [0.1, 0.15) is 6.04 Å². The number of imide groups is 1. The van der Waals surface area contributed by atoms with Crippen molar-refractivity contribution < 1.29 is 9.59 Å². The van der Waals surface area contributed by atoms with Crippen LogP contribution in [-0.2, 0) is 16.1 Å². The molecule has 2 fully saturated rings. The molecule has 0 aliphatic carbocycles.